The fraction of sp³-hybridized carbons (Fsp3) is 0.588. The summed E-state index contributed by atoms with van der Waals surface area (Å²) in [6.45, 7) is 3.12. The van der Waals surface area contributed by atoms with E-state index in [9.17, 15) is 4.79 Å². The summed E-state index contributed by atoms with van der Waals surface area (Å²) >= 11 is 6.15. The van der Waals surface area contributed by atoms with E-state index in [1.54, 1.807) is 0 Å². The van der Waals surface area contributed by atoms with Crippen molar-refractivity contribution in [3.05, 3.63) is 34.9 Å². The van der Waals surface area contributed by atoms with Crippen molar-refractivity contribution in [1.82, 2.24) is 10.6 Å². The summed E-state index contributed by atoms with van der Waals surface area (Å²) in [4.78, 5) is 13.1. The molecule has 0 aliphatic carbocycles. The Hall–Kier alpha value is -1.10. The molecule has 5 heteroatoms. The Labute approximate surface area is 136 Å². The minimum atomic E-state index is -0.513. The monoisotopic (exact) mass is 322 g/mol. The molecule has 2 fully saturated rings. The van der Waals surface area contributed by atoms with Crippen molar-refractivity contribution in [1.29, 1.82) is 0 Å². The van der Waals surface area contributed by atoms with E-state index in [-0.39, 0.29) is 11.9 Å². The molecular formula is C17H23ClN2O2. The van der Waals surface area contributed by atoms with Crippen molar-refractivity contribution in [3.8, 4) is 0 Å². The molecule has 0 radical (unpaired) electrons. The van der Waals surface area contributed by atoms with E-state index in [0.717, 1.165) is 31.5 Å². The van der Waals surface area contributed by atoms with Gasteiger partial charge in [-0.3, -0.25) is 4.79 Å². The molecule has 4 nitrogen and oxygen atoms in total. The number of carbonyl (C=O) groups excluding carboxylic acids is 1. The third-order valence-corrected chi connectivity index (χ3v) is 5.03. The van der Waals surface area contributed by atoms with Crippen LogP contribution in [0, 0.1) is 0 Å². The smallest absolute Gasteiger partial charge is 0.231 e. The second-order valence-electron chi connectivity index (χ2n) is 6.22. The molecule has 0 aromatic heterocycles. The van der Waals surface area contributed by atoms with Crippen LogP contribution in [0.25, 0.3) is 0 Å². The molecule has 1 unspecified atom stereocenters. The van der Waals surface area contributed by atoms with E-state index >= 15 is 0 Å². The van der Waals surface area contributed by atoms with Gasteiger partial charge in [-0.2, -0.15) is 0 Å². The van der Waals surface area contributed by atoms with Gasteiger partial charge in [0.2, 0.25) is 5.91 Å². The van der Waals surface area contributed by atoms with Crippen molar-refractivity contribution in [2.45, 2.75) is 37.1 Å². The number of benzene rings is 1. The van der Waals surface area contributed by atoms with Crippen LogP contribution < -0.4 is 10.6 Å². The lowest BCUT2D eigenvalue weighted by Gasteiger charge is -2.38. The first-order valence-electron chi connectivity index (χ1n) is 8.06. The number of nitrogens with one attached hydrogen (secondary N) is 2. The SMILES string of the molecule is O=C(NC1CCCNC1)C1(c2cccc(Cl)c2)CCOCC1. The zero-order valence-corrected chi connectivity index (χ0v) is 13.5. The molecule has 0 bridgehead atoms. The molecule has 120 valence electrons. The van der Waals surface area contributed by atoms with Crippen molar-refractivity contribution in [2.75, 3.05) is 26.3 Å². The maximum atomic E-state index is 13.1. The molecule has 2 saturated heterocycles. The molecule has 22 heavy (non-hydrogen) atoms. The predicted molar refractivity (Wildman–Crippen MR) is 87.2 cm³/mol. The second-order valence-corrected chi connectivity index (χ2v) is 6.66. The Kier molecular flexibility index (Phi) is 5.01. The zero-order chi connectivity index (χ0) is 15.4. The van der Waals surface area contributed by atoms with Crippen LogP contribution in [0.2, 0.25) is 5.02 Å². The molecule has 2 aliphatic heterocycles. The highest BCUT2D eigenvalue weighted by Gasteiger charge is 2.42. The Morgan fingerprint density at radius 2 is 2.18 bits per heavy atom. The summed E-state index contributed by atoms with van der Waals surface area (Å²) in [5, 5.41) is 7.27. The van der Waals surface area contributed by atoms with E-state index in [1.807, 2.05) is 24.3 Å². The highest BCUT2D eigenvalue weighted by atomic mass is 35.5. The molecular weight excluding hydrogens is 300 g/mol. The van der Waals surface area contributed by atoms with Gasteiger partial charge in [0.15, 0.2) is 0 Å². The molecule has 1 amide bonds. The first-order chi connectivity index (χ1) is 10.7. The number of hydrogen-bond donors (Lipinski definition) is 2. The van der Waals surface area contributed by atoms with Crippen LogP contribution in [-0.2, 0) is 14.9 Å². The quantitative estimate of drug-likeness (QED) is 0.897. The van der Waals surface area contributed by atoms with Gasteiger partial charge >= 0.3 is 0 Å². The number of halogens is 1. The molecule has 1 aromatic rings. The number of hydrogen-bond acceptors (Lipinski definition) is 3. The lowest BCUT2D eigenvalue weighted by molar-refractivity contribution is -0.131. The van der Waals surface area contributed by atoms with Crippen molar-refractivity contribution >= 4 is 17.5 Å². The third-order valence-electron chi connectivity index (χ3n) is 4.79. The van der Waals surface area contributed by atoms with E-state index < -0.39 is 5.41 Å². The van der Waals surface area contributed by atoms with Gasteiger partial charge in [-0.25, -0.2) is 0 Å². The maximum Gasteiger partial charge on any atom is 0.231 e. The average molecular weight is 323 g/mol. The number of amides is 1. The normalized spacial score (nSPS) is 24.7. The molecule has 2 N–H and O–H groups in total. The van der Waals surface area contributed by atoms with Gasteiger partial charge in [0.25, 0.3) is 0 Å². The van der Waals surface area contributed by atoms with Crippen LogP contribution in [0.5, 0.6) is 0 Å². The number of rotatable bonds is 3. The summed E-state index contributed by atoms with van der Waals surface area (Å²) in [5.74, 6) is 0.117. The summed E-state index contributed by atoms with van der Waals surface area (Å²) in [6.07, 6.45) is 3.57. The van der Waals surface area contributed by atoms with Crippen LogP contribution >= 0.6 is 11.6 Å². The maximum absolute atomic E-state index is 13.1. The van der Waals surface area contributed by atoms with Crippen LogP contribution in [0.3, 0.4) is 0 Å². The number of piperidine rings is 1. The minimum absolute atomic E-state index is 0.117. The lowest BCUT2D eigenvalue weighted by atomic mass is 9.73. The molecule has 2 aliphatic rings. The molecule has 0 spiro atoms. The summed E-state index contributed by atoms with van der Waals surface area (Å²) < 4.78 is 5.49. The van der Waals surface area contributed by atoms with Crippen molar-refractivity contribution in [3.63, 3.8) is 0 Å². The second kappa shape index (κ2) is 6.99. The Morgan fingerprint density at radius 3 is 2.86 bits per heavy atom. The molecule has 2 heterocycles. The lowest BCUT2D eigenvalue weighted by Crippen LogP contribution is -2.54. The van der Waals surface area contributed by atoms with E-state index in [1.165, 1.54) is 0 Å². The van der Waals surface area contributed by atoms with Crippen molar-refractivity contribution in [2.24, 2.45) is 0 Å². The number of ether oxygens (including phenoxy) is 1. The van der Waals surface area contributed by atoms with Crippen LogP contribution in [0.4, 0.5) is 0 Å². The minimum Gasteiger partial charge on any atom is -0.381 e. The third kappa shape index (κ3) is 3.29. The highest BCUT2D eigenvalue weighted by Crippen LogP contribution is 2.36. The standard InChI is InChI=1S/C17H23ClN2O2/c18-14-4-1-3-13(11-14)17(6-9-22-10-7-17)16(21)20-15-5-2-8-19-12-15/h1,3-4,11,15,19H,2,5-10,12H2,(H,20,21). The Balaban J connectivity index is 1.83. The average Bonchev–Trinajstić information content (AvgIpc) is 2.56. The topological polar surface area (TPSA) is 50.4 Å². The summed E-state index contributed by atoms with van der Waals surface area (Å²) in [7, 11) is 0. The first kappa shape index (κ1) is 15.8. The fourth-order valence-electron chi connectivity index (χ4n) is 3.45. The first-order valence-corrected chi connectivity index (χ1v) is 8.44. The van der Waals surface area contributed by atoms with Gasteiger partial charge in [-0.15, -0.1) is 0 Å². The number of carbonyl (C=O) groups is 1. The van der Waals surface area contributed by atoms with E-state index in [2.05, 4.69) is 10.6 Å². The largest absolute Gasteiger partial charge is 0.381 e. The van der Waals surface area contributed by atoms with Gasteiger partial charge in [0.05, 0.1) is 5.41 Å². The molecule has 0 saturated carbocycles. The predicted octanol–water partition coefficient (Wildman–Crippen LogP) is 2.26. The van der Waals surface area contributed by atoms with Gasteiger partial charge in [0, 0.05) is 30.8 Å². The van der Waals surface area contributed by atoms with E-state index in [0.29, 0.717) is 31.1 Å². The van der Waals surface area contributed by atoms with Crippen LogP contribution in [0.15, 0.2) is 24.3 Å². The van der Waals surface area contributed by atoms with Gasteiger partial charge in [0.1, 0.15) is 0 Å². The summed E-state index contributed by atoms with van der Waals surface area (Å²) in [6, 6.07) is 7.92. The van der Waals surface area contributed by atoms with Gasteiger partial charge < -0.3 is 15.4 Å². The van der Waals surface area contributed by atoms with Crippen molar-refractivity contribution < 1.29 is 9.53 Å². The van der Waals surface area contributed by atoms with Crippen LogP contribution in [-0.4, -0.2) is 38.3 Å². The molecule has 3 rings (SSSR count). The highest BCUT2D eigenvalue weighted by molar-refractivity contribution is 6.30. The van der Waals surface area contributed by atoms with Crippen LogP contribution in [0.1, 0.15) is 31.2 Å². The van der Waals surface area contributed by atoms with Gasteiger partial charge in [-0.1, -0.05) is 23.7 Å². The summed E-state index contributed by atoms with van der Waals surface area (Å²) in [5.41, 5.74) is 0.491. The Bertz CT molecular complexity index is 523. The molecule has 1 atom stereocenters. The zero-order valence-electron chi connectivity index (χ0n) is 12.7. The molecule has 1 aromatic carbocycles. The van der Waals surface area contributed by atoms with Gasteiger partial charge in [-0.05, 0) is 49.9 Å². The Morgan fingerprint density at radius 1 is 1.36 bits per heavy atom. The van der Waals surface area contributed by atoms with E-state index in [4.69, 9.17) is 16.3 Å². The fourth-order valence-corrected chi connectivity index (χ4v) is 3.64.